The maximum absolute atomic E-state index is 13.6. The fraction of sp³-hybridized carbons (Fsp3) is 0.892. The van der Waals surface area contributed by atoms with Crippen LogP contribution in [0.4, 0.5) is 0 Å². The van der Waals surface area contributed by atoms with Gasteiger partial charge in [-0.2, -0.15) is 0 Å². The minimum Gasteiger partial charge on any atom is -0.459 e. The van der Waals surface area contributed by atoms with E-state index in [4.69, 9.17) is 30.2 Å². The first-order chi connectivity index (χ1) is 23.4. The number of methoxy groups -OCH3 is 1. The Kier molecular flexibility index (Phi) is 15.5. The van der Waals surface area contributed by atoms with E-state index in [0.29, 0.717) is 31.6 Å². The van der Waals surface area contributed by atoms with Gasteiger partial charge in [0.15, 0.2) is 6.29 Å². The lowest BCUT2D eigenvalue weighted by Crippen LogP contribution is -2.60. The van der Waals surface area contributed by atoms with Crippen LogP contribution in [0.5, 0.6) is 0 Å². The van der Waals surface area contributed by atoms with Gasteiger partial charge in [-0.1, -0.05) is 32.9 Å². The van der Waals surface area contributed by atoms with Gasteiger partial charge in [0.05, 0.1) is 41.6 Å². The number of oxime groups is 1. The average Bonchev–Trinajstić information content (AvgIpc) is 3.61. The minimum absolute atomic E-state index is 0.155. The van der Waals surface area contributed by atoms with Gasteiger partial charge in [0, 0.05) is 56.8 Å². The topological polar surface area (TPSA) is 172 Å². The van der Waals surface area contributed by atoms with E-state index in [9.17, 15) is 25.2 Å². The molecule has 0 bridgehead atoms. The molecule has 3 fully saturated rings. The lowest BCUT2D eigenvalue weighted by atomic mass is 9.73. The second kappa shape index (κ2) is 18.3. The summed E-state index contributed by atoms with van der Waals surface area (Å²) >= 11 is 0. The summed E-state index contributed by atoms with van der Waals surface area (Å²) in [5.74, 6) is -0.990. The number of carbonyl (C=O) groups excluding carboxylic acids is 1. The maximum Gasteiger partial charge on any atom is 0.311 e. The Bertz CT molecular complexity index is 1160. The third-order valence-corrected chi connectivity index (χ3v) is 11.4. The van der Waals surface area contributed by atoms with Crippen molar-refractivity contribution in [3.05, 3.63) is 0 Å². The van der Waals surface area contributed by atoms with Gasteiger partial charge >= 0.3 is 5.97 Å². The van der Waals surface area contributed by atoms with E-state index in [2.05, 4.69) is 16.4 Å². The van der Waals surface area contributed by atoms with Gasteiger partial charge in [0.1, 0.15) is 23.9 Å². The normalized spacial score (nSPS) is 44.8. The third-order valence-electron chi connectivity index (χ3n) is 11.4. The van der Waals surface area contributed by atoms with Crippen molar-refractivity contribution in [3.63, 3.8) is 0 Å². The fourth-order valence-electron chi connectivity index (χ4n) is 7.95. The number of hydrogen-bond acceptors (Lipinski definition) is 13. The number of nitrogens with zero attached hydrogens (tertiary/aromatic N) is 2. The summed E-state index contributed by atoms with van der Waals surface area (Å²) in [6, 6.07) is -0.306. The Labute approximate surface area is 299 Å². The largest absolute Gasteiger partial charge is 0.459 e. The summed E-state index contributed by atoms with van der Waals surface area (Å²) in [5.41, 5.74) is -2.52. The smallest absolute Gasteiger partial charge is 0.311 e. The van der Waals surface area contributed by atoms with Crippen LogP contribution in [-0.4, -0.2) is 137 Å². The summed E-state index contributed by atoms with van der Waals surface area (Å²) < 4.78 is 25.0. The molecule has 0 spiro atoms. The minimum atomic E-state index is -1.86. The number of nitrogens with one attached hydrogen (secondary N) is 1. The van der Waals surface area contributed by atoms with Crippen molar-refractivity contribution in [2.45, 2.75) is 154 Å². The summed E-state index contributed by atoms with van der Waals surface area (Å²) in [7, 11) is 3.45. The fourth-order valence-corrected chi connectivity index (χ4v) is 7.95. The van der Waals surface area contributed by atoms with Gasteiger partial charge in [0.2, 0.25) is 0 Å². The first-order valence-electron chi connectivity index (χ1n) is 18.3. The second-order valence-electron chi connectivity index (χ2n) is 15.4. The zero-order valence-electron chi connectivity index (χ0n) is 31.9. The summed E-state index contributed by atoms with van der Waals surface area (Å²) in [6.45, 7) is 16.0. The first kappa shape index (κ1) is 42.6. The van der Waals surface area contributed by atoms with Crippen molar-refractivity contribution >= 4 is 11.7 Å². The summed E-state index contributed by atoms with van der Waals surface area (Å²) in [4.78, 5) is 21.6. The van der Waals surface area contributed by atoms with Gasteiger partial charge in [-0.15, -0.1) is 12.3 Å². The van der Waals surface area contributed by atoms with Crippen LogP contribution < -0.4 is 5.32 Å². The van der Waals surface area contributed by atoms with Crippen LogP contribution in [0.1, 0.15) is 87.5 Å². The van der Waals surface area contributed by atoms with Gasteiger partial charge < -0.3 is 49.5 Å². The molecule has 3 heterocycles. The lowest BCUT2D eigenvalue weighted by molar-refractivity contribution is -0.301. The molecule has 0 saturated carbocycles. The molecule has 15 atom stereocenters. The van der Waals surface area contributed by atoms with Crippen LogP contribution in [0.2, 0.25) is 0 Å². The van der Waals surface area contributed by atoms with E-state index in [-0.39, 0.29) is 31.1 Å². The van der Waals surface area contributed by atoms with Crippen molar-refractivity contribution in [2.24, 2.45) is 28.8 Å². The van der Waals surface area contributed by atoms with Crippen molar-refractivity contribution in [1.82, 2.24) is 10.2 Å². The Hall–Kier alpha value is -1.86. The molecule has 0 aromatic rings. The van der Waals surface area contributed by atoms with E-state index in [0.717, 1.165) is 13.0 Å². The SMILES string of the molecule is C#CCCN(C)[C@H]1C[C@@H](C)O[C@@H](O[C@@H]2[C@@H](C)[C@H](O)[C@@H](C)C(=O)O[C@H](CC)[C@@](C)(O)[C@H](O)[C@@H](C)C(=NO[C@@H]3CCNC3)[C@H](C)C[C@@]2(C)OC)[C@@H]1O. The number of ether oxygens (including phenoxy) is 4. The van der Waals surface area contributed by atoms with Crippen LogP contribution in [0, 0.1) is 36.0 Å². The second-order valence-corrected chi connectivity index (χ2v) is 15.4. The molecule has 5 N–H and O–H groups in total. The first-order valence-corrected chi connectivity index (χ1v) is 18.3. The molecule has 0 amide bonds. The molecule has 0 aliphatic carbocycles. The molecule has 3 rings (SSSR count). The number of terminal acetylenes is 1. The molecule has 3 saturated heterocycles. The lowest BCUT2D eigenvalue weighted by Gasteiger charge is -2.48. The van der Waals surface area contributed by atoms with Crippen LogP contribution in [0.3, 0.4) is 0 Å². The molecule has 13 nitrogen and oxygen atoms in total. The molecule has 3 aliphatic rings. The predicted octanol–water partition coefficient (Wildman–Crippen LogP) is 2.07. The highest BCUT2D eigenvalue weighted by Crippen LogP contribution is 2.39. The van der Waals surface area contributed by atoms with Crippen LogP contribution in [0.15, 0.2) is 5.16 Å². The van der Waals surface area contributed by atoms with Crippen molar-refractivity contribution in [2.75, 3.05) is 33.8 Å². The molecule has 0 aromatic heterocycles. The number of likely N-dealkylation sites (N-methyl/N-ethyl adjacent to an activating group) is 1. The Morgan fingerprint density at radius 3 is 2.38 bits per heavy atom. The number of aliphatic hydroxyl groups is 4. The van der Waals surface area contributed by atoms with Crippen molar-refractivity contribution < 1.29 is 49.0 Å². The zero-order valence-corrected chi connectivity index (χ0v) is 31.9. The quantitative estimate of drug-likeness (QED) is 0.134. The Balaban J connectivity index is 2.11. The van der Waals surface area contributed by atoms with Gasteiger partial charge in [-0.3, -0.25) is 9.69 Å². The number of esters is 1. The van der Waals surface area contributed by atoms with Crippen LogP contribution in [-0.2, 0) is 28.6 Å². The van der Waals surface area contributed by atoms with Gasteiger partial charge in [0.25, 0.3) is 0 Å². The van der Waals surface area contributed by atoms with E-state index in [1.807, 2.05) is 32.7 Å². The molecular weight excluding hydrogens is 646 g/mol. The molecule has 50 heavy (non-hydrogen) atoms. The molecule has 3 aliphatic heterocycles. The van der Waals surface area contributed by atoms with Gasteiger partial charge in [-0.05, 0) is 60.5 Å². The van der Waals surface area contributed by atoms with Crippen molar-refractivity contribution in [1.29, 1.82) is 0 Å². The van der Waals surface area contributed by atoms with E-state index in [1.54, 1.807) is 34.8 Å². The Morgan fingerprint density at radius 1 is 1.12 bits per heavy atom. The molecule has 0 unspecified atom stereocenters. The van der Waals surface area contributed by atoms with Crippen molar-refractivity contribution in [3.8, 4) is 12.3 Å². The predicted molar refractivity (Wildman–Crippen MR) is 189 cm³/mol. The van der Waals surface area contributed by atoms with Crippen LogP contribution in [0.25, 0.3) is 0 Å². The zero-order chi connectivity index (χ0) is 37.6. The third kappa shape index (κ3) is 9.76. The number of aliphatic hydroxyl groups excluding tert-OH is 3. The number of cyclic esters (lactones) is 1. The molecule has 13 heteroatoms. The molecule has 288 valence electrons. The number of hydrogen-bond donors (Lipinski definition) is 5. The van der Waals surface area contributed by atoms with Crippen LogP contribution >= 0.6 is 0 Å². The van der Waals surface area contributed by atoms with Gasteiger partial charge in [-0.25, -0.2) is 0 Å². The number of rotatable bonds is 9. The summed E-state index contributed by atoms with van der Waals surface area (Å²) in [6.07, 6.45) is 0.614. The monoisotopic (exact) mass is 711 g/mol. The summed E-state index contributed by atoms with van der Waals surface area (Å²) in [5, 5.41) is 54.7. The standard InChI is InChI=1S/C37H65N3O10/c1-12-14-17-40(10)27-18-22(4)47-35(31(27)42)49-33-24(6)30(41)25(7)34(44)48-28(13-2)37(9,45)32(43)23(5)29(21(3)19-36(33,8)46-11)39-50-26-15-16-38-20-26/h1,21-28,30-33,35,38,41-43,45H,13-20H2,2-11H3/t21-,22-,23+,24+,25-,26-,27+,28-,30+,31-,32-,33-,35+,36-,37-/m1/s1. The Morgan fingerprint density at radius 2 is 1.80 bits per heavy atom. The molecular formula is C37H65N3O10. The highest BCUT2D eigenvalue weighted by Gasteiger charge is 2.51. The number of carbonyl (C=O) groups is 1. The molecule has 0 aromatic carbocycles. The molecule has 0 radical (unpaired) electrons. The highest BCUT2D eigenvalue weighted by atomic mass is 16.7. The van der Waals surface area contributed by atoms with E-state index in [1.165, 1.54) is 6.92 Å². The average molecular weight is 712 g/mol. The maximum atomic E-state index is 13.6. The van der Waals surface area contributed by atoms with E-state index < -0.39 is 77.7 Å². The highest BCUT2D eigenvalue weighted by molar-refractivity contribution is 5.88. The van der Waals surface area contributed by atoms with E-state index >= 15 is 0 Å².